The van der Waals surface area contributed by atoms with Gasteiger partial charge in [0.1, 0.15) is 17.9 Å². The van der Waals surface area contributed by atoms with Crippen LogP contribution >= 0.6 is 0 Å². The zero-order valence-corrected chi connectivity index (χ0v) is 24.7. The summed E-state index contributed by atoms with van der Waals surface area (Å²) in [6.07, 6.45) is 10.4. The minimum atomic E-state index is -0.601. The summed E-state index contributed by atoms with van der Waals surface area (Å²) in [4.78, 5) is 41.5. The normalized spacial score (nSPS) is 29.7. The van der Waals surface area contributed by atoms with E-state index in [1.807, 2.05) is 25.3 Å². The highest BCUT2D eigenvalue weighted by atomic mass is 16.5. The van der Waals surface area contributed by atoms with E-state index in [4.69, 9.17) is 9.47 Å². The number of carbonyl (C=O) groups is 3. The second-order valence-electron chi connectivity index (χ2n) is 12.9. The van der Waals surface area contributed by atoms with Crippen LogP contribution in [0.25, 0.3) is 0 Å². The third-order valence-electron chi connectivity index (χ3n) is 9.60. The Kier molecular flexibility index (Phi) is 9.15. The molecule has 2 unspecified atom stereocenters. The van der Waals surface area contributed by atoms with E-state index in [2.05, 4.69) is 31.0 Å². The topological polar surface area (TPSA) is 88.2 Å². The molecule has 4 atom stereocenters. The molecule has 2 aliphatic heterocycles. The van der Waals surface area contributed by atoms with Crippen LogP contribution in [-0.4, -0.2) is 71.5 Å². The summed E-state index contributed by atoms with van der Waals surface area (Å²) in [6.45, 7) is 8.50. The van der Waals surface area contributed by atoms with Gasteiger partial charge in [-0.3, -0.25) is 24.6 Å². The van der Waals surface area contributed by atoms with Crippen LogP contribution in [0, 0.1) is 11.8 Å². The lowest BCUT2D eigenvalue weighted by molar-refractivity contribution is -0.136. The summed E-state index contributed by atoms with van der Waals surface area (Å²) >= 11 is 0. The summed E-state index contributed by atoms with van der Waals surface area (Å²) in [7, 11) is 1.84. The van der Waals surface area contributed by atoms with E-state index in [1.54, 1.807) is 4.90 Å². The molecular weight excluding hydrogens is 506 g/mol. The number of ether oxygens (including phenoxy) is 2. The summed E-state index contributed by atoms with van der Waals surface area (Å²) in [5.74, 6) is 1.34. The summed E-state index contributed by atoms with van der Waals surface area (Å²) in [5.41, 5.74) is 1.51. The first-order chi connectivity index (χ1) is 19.2. The maximum absolute atomic E-state index is 13.1. The molecule has 4 aliphatic rings. The first kappa shape index (κ1) is 29.1. The van der Waals surface area contributed by atoms with Gasteiger partial charge >= 0.3 is 0 Å². The van der Waals surface area contributed by atoms with E-state index >= 15 is 0 Å². The van der Waals surface area contributed by atoms with Crippen molar-refractivity contribution < 1.29 is 23.9 Å². The van der Waals surface area contributed by atoms with Crippen LogP contribution in [0.5, 0.6) is 5.75 Å². The quantitative estimate of drug-likeness (QED) is 0.423. The molecular formula is C32H47N3O5. The Bertz CT molecular complexity index is 1080. The predicted octanol–water partition coefficient (Wildman–Crippen LogP) is 4.69. The number of methoxy groups -OCH3 is 1. The number of piperidine rings is 1. The number of imide groups is 1. The monoisotopic (exact) mass is 553 g/mol. The van der Waals surface area contributed by atoms with Crippen molar-refractivity contribution >= 4 is 17.7 Å². The molecule has 2 aliphatic carbocycles. The molecule has 1 saturated heterocycles. The Balaban J connectivity index is 1.27. The lowest BCUT2D eigenvalue weighted by Crippen LogP contribution is -2.52. The third-order valence-corrected chi connectivity index (χ3v) is 9.60. The molecule has 220 valence electrons. The number of fused-ring (bicyclic) bond motifs is 1. The zero-order chi connectivity index (χ0) is 28.4. The largest absolute Gasteiger partial charge is 0.489 e. The fourth-order valence-electron chi connectivity index (χ4n) is 7.53. The van der Waals surface area contributed by atoms with Crippen molar-refractivity contribution in [1.29, 1.82) is 0 Å². The molecule has 3 fully saturated rings. The average molecular weight is 554 g/mol. The van der Waals surface area contributed by atoms with Gasteiger partial charge in [-0.15, -0.1) is 0 Å². The average Bonchev–Trinajstić information content (AvgIpc) is 3.51. The van der Waals surface area contributed by atoms with E-state index < -0.39 is 6.04 Å². The first-order valence-electron chi connectivity index (χ1n) is 15.5. The number of rotatable bonds is 10. The van der Waals surface area contributed by atoms with Crippen LogP contribution in [0.3, 0.4) is 0 Å². The highest BCUT2D eigenvalue weighted by Gasteiger charge is 2.40. The second-order valence-corrected chi connectivity index (χ2v) is 12.9. The molecule has 0 radical (unpaired) electrons. The molecule has 8 heteroatoms. The molecule has 0 bridgehead atoms. The summed E-state index contributed by atoms with van der Waals surface area (Å²) in [6, 6.07) is 6.01. The van der Waals surface area contributed by atoms with Gasteiger partial charge in [-0.1, -0.05) is 13.8 Å². The van der Waals surface area contributed by atoms with Crippen LogP contribution in [-0.2, 0) is 20.9 Å². The highest BCUT2D eigenvalue weighted by molar-refractivity contribution is 6.05. The second kappa shape index (κ2) is 12.6. The van der Waals surface area contributed by atoms with Crippen molar-refractivity contribution in [2.45, 2.75) is 122 Å². The van der Waals surface area contributed by atoms with Crippen molar-refractivity contribution in [3.63, 3.8) is 0 Å². The minimum absolute atomic E-state index is 0.117. The molecule has 5 rings (SSSR count). The molecule has 0 aromatic heterocycles. The lowest BCUT2D eigenvalue weighted by Gasteiger charge is -2.41. The Morgan fingerprint density at radius 3 is 2.50 bits per heavy atom. The number of hydrogen-bond acceptors (Lipinski definition) is 6. The lowest BCUT2D eigenvalue weighted by atomic mass is 9.86. The van der Waals surface area contributed by atoms with Gasteiger partial charge in [-0.2, -0.15) is 0 Å². The van der Waals surface area contributed by atoms with Crippen molar-refractivity contribution in [2.24, 2.45) is 11.8 Å². The predicted molar refractivity (Wildman–Crippen MR) is 153 cm³/mol. The molecule has 8 nitrogen and oxygen atoms in total. The third kappa shape index (κ3) is 6.38. The molecule has 2 saturated carbocycles. The van der Waals surface area contributed by atoms with Crippen molar-refractivity contribution in [2.75, 3.05) is 13.7 Å². The molecule has 2 heterocycles. The molecule has 1 aromatic carbocycles. The van der Waals surface area contributed by atoms with E-state index in [9.17, 15) is 14.4 Å². The number of nitrogens with zero attached hydrogens (tertiary/aromatic N) is 2. The molecule has 0 spiro atoms. The van der Waals surface area contributed by atoms with Gasteiger partial charge in [0.05, 0.1) is 6.10 Å². The number of carbonyl (C=O) groups excluding carboxylic acids is 3. The maximum atomic E-state index is 13.1. The van der Waals surface area contributed by atoms with E-state index in [0.29, 0.717) is 48.6 Å². The fraction of sp³-hybridized carbons (Fsp3) is 0.719. The van der Waals surface area contributed by atoms with Crippen molar-refractivity contribution in [3.8, 4) is 5.75 Å². The number of benzene rings is 1. The Morgan fingerprint density at radius 1 is 1.02 bits per heavy atom. The van der Waals surface area contributed by atoms with Crippen LogP contribution in [0.15, 0.2) is 18.2 Å². The number of amides is 3. The number of nitrogens with one attached hydrogen (secondary N) is 1. The van der Waals surface area contributed by atoms with Gasteiger partial charge in [-0.05, 0) is 100 Å². The molecule has 3 amide bonds. The Labute approximate surface area is 239 Å². The van der Waals surface area contributed by atoms with Crippen molar-refractivity contribution in [1.82, 2.24) is 15.1 Å². The van der Waals surface area contributed by atoms with Crippen molar-refractivity contribution in [3.05, 3.63) is 29.3 Å². The van der Waals surface area contributed by atoms with Gasteiger partial charge < -0.3 is 14.4 Å². The standard InChI is InChI=1S/C32H47N3O5/c1-20(2)16-21(3)34(18-22-8-10-24(39-4)11-9-22)27-6-5-7-29(27)40-25-12-13-26-23(17-25)19-35(32(26)38)28-14-15-30(36)33-31(28)37/h12-13,17,20-22,24,27-29H,5-11,14-16,18-19H2,1-4H3,(H,33,36,37)/t21?,22-,24-,27-,28?,29-/m0/s1. The molecule has 1 aromatic rings. The van der Waals surface area contributed by atoms with Gasteiger partial charge in [0.2, 0.25) is 11.8 Å². The van der Waals surface area contributed by atoms with Crippen LogP contribution in [0.1, 0.15) is 101 Å². The Morgan fingerprint density at radius 2 is 1.80 bits per heavy atom. The van der Waals surface area contributed by atoms with Gasteiger partial charge in [0.15, 0.2) is 0 Å². The van der Waals surface area contributed by atoms with Gasteiger partial charge in [0, 0.05) is 44.3 Å². The maximum Gasteiger partial charge on any atom is 0.255 e. The van der Waals surface area contributed by atoms with E-state index in [0.717, 1.165) is 50.0 Å². The molecule has 1 N–H and O–H groups in total. The Hall–Kier alpha value is -2.45. The number of hydrogen-bond donors (Lipinski definition) is 1. The smallest absolute Gasteiger partial charge is 0.255 e. The highest BCUT2D eigenvalue weighted by Crippen LogP contribution is 2.36. The fourth-order valence-corrected chi connectivity index (χ4v) is 7.53. The van der Waals surface area contributed by atoms with E-state index in [-0.39, 0.29) is 30.2 Å². The van der Waals surface area contributed by atoms with Gasteiger partial charge in [0.25, 0.3) is 5.91 Å². The zero-order valence-electron chi connectivity index (χ0n) is 24.7. The molecule has 40 heavy (non-hydrogen) atoms. The minimum Gasteiger partial charge on any atom is -0.489 e. The van der Waals surface area contributed by atoms with Crippen LogP contribution in [0.4, 0.5) is 0 Å². The van der Waals surface area contributed by atoms with Crippen LogP contribution in [0.2, 0.25) is 0 Å². The summed E-state index contributed by atoms with van der Waals surface area (Å²) < 4.78 is 12.3. The SMILES string of the molecule is CO[C@H]1CC[C@H](CN(C(C)CC(C)C)[C@H]2CCC[C@@H]2Oc2ccc3c(c2)CN(C2CCC(=O)NC2=O)C3=O)CC1. The summed E-state index contributed by atoms with van der Waals surface area (Å²) in [5, 5.41) is 2.38. The first-order valence-corrected chi connectivity index (χ1v) is 15.5. The van der Waals surface area contributed by atoms with Gasteiger partial charge in [-0.25, -0.2) is 0 Å². The van der Waals surface area contributed by atoms with Crippen LogP contribution < -0.4 is 10.1 Å². The van der Waals surface area contributed by atoms with E-state index in [1.165, 1.54) is 19.3 Å².